The molecule has 3 rings (SSSR count). The molecule has 1 heterocycles. The summed E-state index contributed by atoms with van der Waals surface area (Å²) in [6.45, 7) is 5.78. The summed E-state index contributed by atoms with van der Waals surface area (Å²) in [6.07, 6.45) is 1.77. The minimum atomic E-state index is -0.557. The van der Waals surface area contributed by atoms with E-state index in [1.807, 2.05) is 49.6 Å². The number of imidazole rings is 1. The highest BCUT2D eigenvalue weighted by atomic mass is 16.2. The van der Waals surface area contributed by atoms with E-state index in [1.54, 1.807) is 18.5 Å². The average Bonchev–Trinajstić information content (AvgIpc) is 2.94. The second kappa shape index (κ2) is 6.84. The number of nitrogens with one attached hydrogen (secondary N) is 1. The fourth-order valence-electron chi connectivity index (χ4n) is 2.72. The zero-order chi connectivity index (χ0) is 18.8. The number of carbonyl (C=O) groups excluding carboxylic acids is 2. The Morgan fingerprint density at radius 2 is 1.65 bits per heavy atom. The van der Waals surface area contributed by atoms with Crippen LogP contribution in [-0.4, -0.2) is 21.4 Å². The Morgan fingerprint density at radius 1 is 1.00 bits per heavy atom. The lowest BCUT2D eigenvalue weighted by Crippen LogP contribution is -2.16. The van der Waals surface area contributed by atoms with Gasteiger partial charge in [0.2, 0.25) is 5.91 Å². The largest absolute Gasteiger partial charge is 0.366 e. The Labute approximate surface area is 151 Å². The van der Waals surface area contributed by atoms with E-state index in [0.29, 0.717) is 16.8 Å². The minimum Gasteiger partial charge on any atom is -0.366 e. The van der Waals surface area contributed by atoms with Gasteiger partial charge < -0.3 is 15.6 Å². The standard InChI is InChI=1S/C20H20N4O2/c1-12-8-15(19(21)25)10-16(9-12)20(26)23-17-4-6-18(7-5-17)24-11-22-13(2)14(24)3/h4-11H,1-3H3,(H2,21,25)(H,23,26). The van der Waals surface area contributed by atoms with Crippen LogP contribution in [0.15, 0.2) is 48.8 Å². The first-order chi connectivity index (χ1) is 12.3. The molecule has 2 aromatic carbocycles. The molecule has 0 aliphatic heterocycles. The number of nitrogens with zero attached hydrogens (tertiary/aromatic N) is 2. The molecule has 0 radical (unpaired) electrons. The maximum absolute atomic E-state index is 12.5. The van der Waals surface area contributed by atoms with Gasteiger partial charge in [-0.25, -0.2) is 4.98 Å². The van der Waals surface area contributed by atoms with E-state index in [0.717, 1.165) is 22.6 Å². The molecule has 0 saturated carbocycles. The number of hydrogen-bond acceptors (Lipinski definition) is 3. The van der Waals surface area contributed by atoms with Crippen molar-refractivity contribution in [1.29, 1.82) is 0 Å². The van der Waals surface area contributed by atoms with Gasteiger partial charge in [0.25, 0.3) is 5.91 Å². The van der Waals surface area contributed by atoms with Crippen LogP contribution in [0.2, 0.25) is 0 Å². The van der Waals surface area contributed by atoms with Gasteiger partial charge in [-0.05, 0) is 68.8 Å². The van der Waals surface area contributed by atoms with Crippen LogP contribution in [0.1, 0.15) is 37.7 Å². The van der Waals surface area contributed by atoms with Crippen LogP contribution < -0.4 is 11.1 Å². The predicted octanol–water partition coefficient (Wildman–Crippen LogP) is 3.15. The smallest absolute Gasteiger partial charge is 0.255 e. The summed E-state index contributed by atoms with van der Waals surface area (Å²) in [5.41, 5.74) is 10.5. The van der Waals surface area contributed by atoms with Crippen molar-refractivity contribution in [3.8, 4) is 5.69 Å². The molecule has 132 valence electrons. The van der Waals surface area contributed by atoms with Gasteiger partial charge in [-0.1, -0.05) is 0 Å². The van der Waals surface area contributed by atoms with Gasteiger partial charge in [-0.15, -0.1) is 0 Å². The number of primary amides is 1. The predicted molar refractivity (Wildman–Crippen MR) is 101 cm³/mol. The van der Waals surface area contributed by atoms with Crippen LogP contribution in [-0.2, 0) is 0 Å². The number of amides is 2. The Kier molecular flexibility index (Phi) is 4.58. The monoisotopic (exact) mass is 348 g/mol. The molecule has 0 bridgehead atoms. The quantitative estimate of drug-likeness (QED) is 0.759. The number of aryl methyl sites for hydroxylation is 2. The van der Waals surface area contributed by atoms with E-state index >= 15 is 0 Å². The number of rotatable bonds is 4. The molecule has 1 aromatic heterocycles. The molecule has 2 amide bonds. The topological polar surface area (TPSA) is 90.0 Å². The van der Waals surface area contributed by atoms with Crippen molar-refractivity contribution in [3.05, 3.63) is 76.9 Å². The lowest BCUT2D eigenvalue weighted by molar-refractivity contribution is 0.1000. The molecule has 0 aliphatic rings. The molecule has 0 spiro atoms. The number of nitrogens with two attached hydrogens (primary N) is 1. The van der Waals surface area contributed by atoms with Crippen LogP contribution in [0.25, 0.3) is 5.69 Å². The summed E-state index contributed by atoms with van der Waals surface area (Å²) in [5.74, 6) is -0.850. The second-order valence-corrected chi connectivity index (χ2v) is 6.24. The highest BCUT2D eigenvalue weighted by Gasteiger charge is 2.11. The van der Waals surface area contributed by atoms with Crippen LogP contribution in [0.5, 0.6) is 0 Å². The number of aromatic nitrogens is 2. The molecule has 0 saturated heterocycles. The van der Waals surface area contributed by atoms with E-state index in [4.69, 9.17) is 5.73 Å². The lowest BCUT2D eigenvalue weighted by Gasteiger charge is -2.10. The molecule has 0 unspecified atom stereocenters. The molecule has 26 heavy (non-hydrogen) atoms. The summed E-state index contributed by atoms with van der Waals surface area (Å²) >= 11 is 0. The van der Waals surface area contributed by atoms with Gasteiger partial charge in [0.15, 0.2) is 0 Å². The molecule has 0 fully saturated rings. The Morgan fingerprint density at radius 3 is 2.23 bits per heavy atom. The van der Waals surface area contributed by atoms with Crippen LogP contribution in [0.4, 0.5) is 5.69 Å². The zero-order valence-electron chi connectivity index (χ0n) is 14.9. The first-order valence-corrected chi connectivity index (χ1v) is 8.19. The van der Waals surface area contributed by atoms with Crippen molar-refractivity contribution in [2.45, 2.75) is 20.8 Å². The fourth-order valence-corrected chi connectivity index (χ4v) is 2.72. The van der Waals surface area contributed by atoms with Gasteiger partial charge in [0.05, 0.1) is 12.0 Å². The molecule has 3 aromatic rings. The van der Waals surface area contributed by atoms with Crippen LogP contribution in [0.3, 0.4) is 0 Å². The molecule has 6 heteroatoms. The Bertz CT molecular complexity index is 988. The molecule has 6 nitrogen and oxygen atoms in total. The third-order valence-electron chi connectivity index (χ3n) is 4.28. The SMILES string of the molecule is Cc1cc(C(N)=O)cc(C(=O)Nc2ccc(-n3cnc(C)c3C)cc2)c1. The Balaban J connectivity index is 1.80. The van der Waals surface area contributed by atoms with Crippen molar-refractivity contribution < 1.29 is 9.59 Å². The van der Waals surface area contributed by atoms with Gasteiger partial charge in [0, 0.05) is 28.2 Å². The van der Waals surface area contributed by atoms with Gasteiger partial charge in [0.1, 0.15) is 0 Å². The van der Waals surface area contributed by atoms with Crippen molar-refractivity contribution in [1.82, 2.24) is 9.55 Å². The molecular formula is C20H20N4O2. The van der Waals surface area contributed by atoms with E-state index in [-0.39, 0.29) is 5.91 Å². The summed E-state index contributed by atoms with van der Waals surface area (Å²) in [5, 5.41) is 2.83. The van der Waals surface area contributed by atoms with E-state index in [2.05, 4.69) is 10.3 Å². The molecule has 0 aliphatic carbocycles. The van der Waals surface area contributed by atoms with E-state index < -0.39 is 5.91 Å². The van der Waals surface area contributed by atoms with Crippen molar-refractivity contribution in [2.75, 3.05) is 5.32 Å². The summed E-state index contributed by atoms with van der Waals surface area (Å²) < 4.78 is 1.99. The number of benzene rings is 2. The average molecular weight is 348 g/mol. The van der Waals surface area contributed by atoms with E-state index in [1.165, 1.54) is 6.07 Å². The second-order valence-electron chi connectivity index (χ2n) is 6.24. The summed E-state index contributed by atoms with van der Waals surface area (Å²) in [7, 11) is 0. The van der Waals surface area contributed by atoms with E-state index in [9.17, 15) is 9.59 Å². The molecule has 3 N–H and O–H groups in total. The number of carbonyl (C=O) groups is 2. The maximum Gasteiger partial charge on any atom is 0.255 e. The Hall–Kier alpha value is -3.41. The van der Waals surface area contributed by atoms with Crippen molar-refractivity contribution >= 4 is 17.5 Å². The third-order valence-corrected chi connectivity index (χ3v) is 4.28. The summed E-state index contributed by atoms with van der Waals surface area (Å²) in [6, 6.07) is 12.3. The van der Waals surface area contributed by atoms with Crippen LogP contribution in [0, 0.1) is 20.8 Å². The maximum atomic E-state index is 12.5. The first kappa shape index (κ1) is 17.4. The van der Waals surface area contributed by atoms with Gasteiger partial charge in [-0.2, -0.15) is 0 Å². The first-order valence-electron chi connectivity index (χ1n) is 8.19. The zero-order valence-corrected chi connectivity index (χ0v) is 14.9. The van der Waals surface area contributed by atoms with Crippen LogP contribution >= 0.6 is 0 Å². The number of hydrogen-bond donors (Lipinski definition) is 2. The summed E-state index contributed by atoms with van der Waals surface area (Å²) in [4.78, 5) is 28.1. The molecule has 0 atom stereocenters. The van der Waals surface area contributed by atoms with Crippen molar-refractivity contribution in [2.24, 2.45) is 5.73 Å². The molecular weight excluding hydrogens is 328 g/mol. The minimum absolute atomic E-state index is 0.293. The van der Waals surface area contributed by atoms with Gasteiger partial charge in [-0.3, -0.25) is 9.59 Å². The fraction of sp³-hybridized carbons (Fsp3) is 0.150. The highest BCUT2D eigenvalue weighted by molar-refractivity contribution is 6.06. The lowest BCUT2D eigenvalue weighted by atomic mass is 10.1. The normalized spacial score (nSPS) is 10.6. The van der Waals surface area contributed by atoms with Crippen molar-refractivity contribution in [3.63, 3.8) is 0 Å². The third kappa shape index (κ3) is 3.49. The number of anilines is 1. The highest BCUT2D eigenvalue weighted by Crippen LogP contribution is 2.18. The van der Waals surface area contributed by atoms with Gasteiger partial charge >= 0.3 is 0 Å².